The molecule has 1 aromatic carbocycles. The fraction of sp³-hybridized carbons (Fsp3) is 0.368. The van der Waals surface area contributed by atoms with Crippen molar-refractivity contribution >= 4 is 5.91 Å². The van der Waals surface area contributed by atoms with Gasteiger partial charge in [-0.05, 0) is 51.5 Å². The molecule has 1 amide bonds. The number of nitrogens with one attached hydrogen (secondary N) is 1. The largest absolute Gasteiger partial charge is 0.342 e. The highest BCUT2D eigenvalue weighted by molar-refractivity contribution is 5.96. The molecule has 0 fully saturated rings. The minimum atomic E-state index is -0.316. The minimum absolute atomic E-state index is 0.225. The standard InChI is InChI=1S/C19H23FN6O/c1-5-10-25-18(21-11-22-25)13(3)23-19(27)17-12(2)24-26(14(17)4)16-8-6-15(20)7-9-16/h6-9,11,13H,5,10H2,1-4H3,(H,23,27)/t13-/m1/s1. The Morgan fingerprint density at radius 1 is 1.26 bits per heavy atom. The van der Waals surface area contributed by atoms with Crippen molar-refractivity contribution in [2.24, 2.45) is 0 Å². The van der Waals surface area contributed by atoms with Gasteiger partial charge in [0, 0.05) is 6.54 Å². The number of benzene rings is 1. The van der Waals surface area contributed by atoms with Crippen molar-refractivity contribution in [2.75, 3.05) is 0 Å². The third-order valence-corrected chi connectivity index (χ3v) is 4.41. The molecule has 7 nitrogen and oxygen atoms in total. The van der Waals surface area contributed by atoms with Crippen LogP contribution in [0.2, 0.25) is 0 Å². The fourth-order valence-electron chi connectivity index (χ4n) is 3.13. The molecule has 0 aliphatic rings. The molecule has 2 heterocycles. The van der Waals surface area contributed by atoms with Crippen molar-refractivity contribution in [3.63, 3.8) is 0 Å². The van der Waals surface area contributed by atoms with Gasteiger partial charge >= 0.3 is 0 Å². The molecular weight excluding hydrogens is 347 g/mol. The Morgan fingerprint density at radius 3 is 2.63 bits per heavy atom. The normalized spacial score (nSPS) is 12.2. The maximum atomic E-state index is 13.2. The van der Waals surface area contributed by atoms with E-state index in [-0.39, 0.29) is 17.8 Å². The van der Waals surface area contributed by atoms with Crippen LogP contribution in [0.25, 0.3) is 5.69 Å². The lowest BCUT2D eigenvalue weighted by Crippen LogP contribution is -2.29. The van der Waals surface area contributed by atoms with Crippen LogP contribution in [0, 0.1) is 19.7 Å². The number of amides is 1. The third-order valence-electron chi connectivity index (χ3n) is 4.41. The van der Waals surface area contributed by atoms with E-state index < -0.39 is 0 Å². The van der Waals surface area contributed by atoms with Gasteiger partial charge in [-0.3, -0.25) is 4.79 Å². The van der Waals surface area contributed by atoms with E-state index in [1.807, 2.05) is 13.8 Å². The topological polar surface area (TPSA) is 77.6 Å². The van der Waals surface area contributed by atoms with Crippen molar-refractivity contribution in [1.82, 2.24) is 29.9 Å². The highest BCUT2D eigenvalue weighted by Crippen LogP contribution is 2.19. The molecule has 3 rings (SSSR count). The highest BCUT2D eigenvalue weighted by Gasteiger charge is 2.23. The lowest BCUT2D eigenvalue weighted by atomic mass is 10.1. The van der Waals surface area contributed by atoms with Crippen LogP contribution in [0.15, 0.2) is 30.6 Å². The van der Waals surface area contributed by atoms with Crippen LogP contribution in [0.1, 0.15) is 53.9 Å². The molecule has 8 heteroatoms. The lowest BCUT2D eigenvalue weighted by molar-refractivity contribution is 0.0936. The van der Waals surface area contributed by atoms with Crippen LogP contribution in [0.4, 0.5) is 4.39 Å². The summed E-state index contributed by atoms with van der Waals surface area (Å²) >= 11 is 0. The first-order valence-electron chi connectivity index (χ1n) is 8.93. The molecule has 1 N–H and O–H groups in total. The average molecular weight is 370 g/mol. The number of aromatic nitrogens is 5. The van der Waals surface area contributed by atoms with Gasteiger partial charge in [-0.1, -0.05) is 6.92 Å². The summed E-state index contributed by atoms with van der Waals surface area (Å²) in [7, 11) is 0. The van der Waals surface area contributed by atoms with Gasteiger partial charge in [-0.15, -0.1) is 0 Å². The van der Waals surface area contributed by atoms with E-state index in [1.54, 1.807) is 28.4 Å². The fourth-order valence-corrected chi connectivity index (χ4v) is 3.13. The van der Waals surface area contributed by atoms with Gasteiger partial charge in [-0.25, -0.2) is 18.7 Å². The number of rotatable bonds is 6. The molecule has 1 atom stereocenters. The Kier molecular flexibility index (Phi) is 5.34. The second-order valence-electron chi connectivity index (χ2n) is 6.47. The Morgan fingerprint density at radius 2 is 1.96 bits per heavy atom. The van der Waals surface area contributed by atoms with E-state index in [0.29, 0.717) is 28.5 Å². The maximum Gasteiger partial charge on any atom is 0.255 e. The summed E-state index contributed by atoms with van der Waals surface area (Å²) < 4.78 is 16.6. The molecule has 0 radical (unpaired) electrons. The number of carbonyl (C=O) groups excluding carboxylic acids is 1. The molecule has 0 spiro atoms. The zero-order chi connectivity index (χ0) is 19.6. The molecule has 0 aliphatic carbocycles. The van der Waals surface area contributed by atoms with Crippen molar-refractivity contribution in [2.45, 2.75) is 46.7 Å². The third kappa shape index (κ3) is 3.74. The summed E-state index contributed by atoms with van der Waals surface area (Å²) in [6, 6.07) is 5.71. The van der Waals surface area contributed by atoms with Crippen molar-refractivity contribution < 1.29 is 9.18 Å². The van der Waals surface area contributed by atoms with Crippen molar-refractivity contribution in [3.05, 3.63) is 59.2 Å². The first-order valence-corrected chi connectivity index (χ1v) is 8.93. The Bertz CT molecular complexity index is 944. The average Bonchev–Trinajstić information content (AvgIpc) is 3.20. The number of aryl methyl sites for hydroxylation is 2. The summed E-state index contributed by atoms with van der Waals surface area (Å²) in [5, 5.41) is 11.6. The van der Waals surface area contributed by atoms with E-state index in [1.165, 1.54) is 18.5 Å². The molecule has 3 aromatic rings. The van der Waals surface area contributed by atoms with Gasteiger partial charge in [0.15, 0.2) is 0 Å². The van der Waals surface area contributed by atoms with E-state index in [9.17, 15) is 9.18 Å². The van der Waals surface area contributed by atoms with Crippen LogP contribution in [0.5, 0.6) is 0 Å². The highest BCUT2D eigenvalue weighted by atomic mass is 19.1. The molecule has 0 bridgehead atoms. The van der Waals surface area contributed by atoms with Gasteiger partial charge in [0.1, 0.15) is 18.0 Å². The predicted octanol–water partition coefficient (Wildman–Crippen LogP) is 3.12. The van der Waals surface area contributed by atoms with E-state index >= 15 is 0 Å². The molecule has 2 aromatic heterocycles. The first kappa shape index (κ1) is 18.8. The summed E-state index contributed by atoms with van der Waals surface area (Å²) in [5.74, 6) is 0.173. The van der Waals surface area contributed by atoms with E-state index in [0.717, 1.165) is 13.0 Å². The van der Waals surface area contributed by atoms with Gasteiger partial charge in [0.2, 0.25) is 0 Å². The van der Waals surface area contributed by atoms with Gasteiger partial charge in [0.25, 0.3) is 5.91 Å². The Labute approximate surface area is 157 Å². The van der Waals surface area contributed by atoms with E-state index in [2.05, 4.69) is 27.4 Å². The van der Waals surface area contributed by atoms with Gasteiger partial charge in [-0.2, -0.15) is 10.2 Å². The lowest BCUT2D eigenvalue weighted by Gasteiger charge is -2.14. The van der Waals surface area contributed by atoms with Crippen molar-refractivity contribution in [3.8, 4) is 5.69 Å². The summed E-state index contributed by atoms with van der Waals surface area (Å²) in [6.07, 6.45) is 2.43. The zero-order valence-corrected chi connectivity index (χ0v) is 15.9. The molecule has 27 heavy (non-hydrogen) atoms. The first-order chi connectivity index (χ1) is 12.9. The number of carbonyl (C=O) groups is 1. The molecule has 0 unspecified atom stereocenters. The Balaban J connectivity index is 1.84. The quantitative estimate of drug-likeness (QED) is 0.723. The van der Waals surface area contributed by atoms with E-state index in [4.69, 9.17) is 0 Å². The molecular formula is C19H23FN6O. The van der Waals surface area contributed by atoms with Crippen LogP contribution in [0.3, 0.4) is 0 Å². The Hall–Kier alpha value is -3.03. The predicted molar refractivity (Wildman–Crippen MR) is 99.2 cm³/mol. The van der Waals surface area contributed by atoms with Crippen molar-refractivity contribution in [1.29, 1.82) is 0 Å². The van der Waals surface area contributed by atoms with Crippen LogP contribution in [-0.4, -0.2) is 30.5 Å². The molecule has 0 aliphatic heterocycles. The number of hydrogen-bond donors (Lipinski definition) is 1. The summed E-state index contributed by atoms with van der Waals surface area (Å²) in [5.41, 5.74) is 2.51. The molecule has 0 saturated heterocycles. The maximum absolute atomic E-state index is 13.2. The number of hydrogen-bond acceptors (Lipinski definition) is 4. The van der Waals surface area contributed by atoms with Gasteiger partial charge in [0.05, 0.1) is 28.7 Å². The SMILES string of the molecule is CCCn1ncnc1[C@@H](C)NC(=O)c1c(C)nn(-c2ccc(F)cc2)c1C. The van der Waals surface area contributed by atoms with Crippen LogP contribution >= 0.6 is 0 Å². The molecule has 142 valence electrons. The van der Waals surface area contributed by atoms with Crippen LogP contribution < -0.4 is 5.32 Å². The zero-order valence-electron chi connectivity index (χ0n) is 15.9. The number of nitrogens with zero attached hydrogens (tertiary/aromatic N) is 5. The van der Waals surface area contributed by atoms with Crippen LogP contribution in [-0.2, 0) is 6.54 Å². The molecule has 0 saturated carbocycles. The number of halogens is 1. The van der Waals surface area contributed by atoms with Gasteiger partial charge < -0.3 is 5.32 Å². The minimum Gasteiger partial charge on any atom is -0.342 e. The second-order valence-corrected chi connectivity index (χ2v) is 6.47. The second kappa shape index (κ2) is 7.69. The monoisotopic (exact) mass is 370 g/mol. The summed E-state index contributed by atoms with van der Waals surface area (Å²) in [4.78, 5) is 17.1. The smallest absolute Gasteiger partial charge is 0.255 e. The summed E-state index contributed by atoms with van der Waals surface area (Å²) in [6.45, 7) is 8.29.